The molecule has 0 saturated heterocycles. The van der Waals surface area contributed by atoms with Gasteiger partial charge in [0.15, 0.2) is 5.82 Å². The molecule has 0 radical (unpaired) electrons. The molecule has 2 heterocycles. The van der Waals surface area contributed by atoms with Gasteiger partial charge in [0.05, 0.1) is 6.54 Å². The molecule has 22 heavy (non-hydrogen) atoms. The minimum atomic E-state index is -0.111. The quantitative estimate of drug-likeness (QED) is 0.885. The summed E-state index contributed by atoms with van der Waals surface area (Å²) >= 11 is 0. The van der Waals surface area contributed by atoms with E-state index in [1.165, 1.54) is 5.56 Å². The summed E-state index contributed by atoms with van der Waals surface area (Å²) in [6, 6.07) is 5.88. The van der Waals surface area contributed by atoms with Crippen LogP contribution >= 0.6 is 0 Å². The highest BCUT2D eigenvalue weighted by Gasteiger charge is 2.16. The molecule has 1 atom stereocenters. The number of rotatable bonds is 6. The van der Waals surface area contributed by atoms with Gasteiger partial charge in [-0.15, -0.1) is 0 Å². The summed E-state index contributed by atoms with van der Waals surface area (Å²) in [5, 5.41) is 6.47. The van der Waals surface area contributed by atoms with E-state index in [1.807, 2.05) is 18.0 Å². The van der Waals surface area contributed by atoms with Crippen molar-refractivity contribution in [1.82, 2.24) is 15.0 Å². The molecule has 0 aliphatic rings. The third kappa shape index (κ3) is 4.39. The Hall–Kier alpha value is -2.21. The molecule has 0 fully saturated rings. The fraction of sp³-hybridized carbons (Fsp3) is 0.438. The predicted octanol–water partition coefficient (Wildman–Crippen LogP) is 2.19. The van der Waals surface area contributed by atoms with Crippen LogP contribution in [0.5, 0.6) is 0 Å². The van der Waals surface area contributed by atoms with Crippen molar-refractivity contribution >= 4 is 11.7 Å². The number of carbonyl (C=O) groups excluding carboxylic acids is 1. The van der Waals surface area contributed by atoms with Gasteiger partial charge in [-0.3, -0.25) is 14.7 Å². The summed E-state index contributed by atoms with van der Waals surface area (Å²) in [6.45, 7) is 6.21. The van der Waals surface area contributed by atoms with Crippen LogP contribution in [0.2, 0.25) is 0 Å². The predicted molar refractivity (Wildman–Crippen MR) is 84.6 cm³/mol. The highest BCUT2D eigenvalue weighted by atomic mass is 16.5. The van der Waals surface area contributed by atoms with E-state index in [0.717, 1.165) is 12.1 Å². The van der Waals surface area contributed by atoms with Crippen LogP contribution in [0, 0.1) is 13.8 Å². The van der Waals surface area contributed by atoms with E-state index in [-0.39, 0.29) is 11.9 Å². The largest absolute Gasteiger partial charge is 0.360 e. The Morgan fingerprint density at radius 3 is 2.86 bits per heavy atom. The number of aromatic nitrogens is 2. The highest BCUT2D eigenvalue weighted by molar-refractivity contribution is 5.91. The van der Waals surface area contributed by atoms with Crippen molar-refractivity contribution in [2.75, 3.05) is 18.9 Å². The van der Waals surface area contributed by atoms with Gasteiger partial charge in [0.25, 0.3) is 0 Å². The van der Waals surface area contributed by atoms with Crippen molar-refractivity contribution in [3.8, 4) is 0 Å². The molecule has 2 aromatic heterocycles. The van der Waals surface area contributed by atoms with E-state index in [9.17, 15) is 4.79 Å². The molecule has 0 aliphatic heterocycles. The van der Waals surface area contributed by atoms with Crippen LogP contribution in [0.4, 0.5) is 5.82 Å². The van der Waals surface area contributed by atoms with Crippen LogP contribution in [0.3, 0.4) is 0 Å². The molecule has 0 aromatic carbocycles. The van der Waals surface area contributed by atoms with Gasteiger partial charge in [-0.1, -0.05) is 11.2 Å². The van der Waals surface area contributed by atoms with Gasteiger partial charge in [-0.2, -0.15) is 0 Å². The van der Waals surface area contributed by atoms with Crippen LogP contribution < -0.4 is 5.32 Å². The number of aryl methyl sites for hydroxylation is 2. The number of amides is 1. The monoisotopic (exact) mass is 302 g/mol. The first-order valence-corrected chi connectivity index (χ1v) is 7.29. The van der Waals surface area contributed by atoms with E-state index in [1.54, 1.807) is 19.2 Å². The summed E-state index contributed by atoms with van der Waals surface area (Å²) in [5.41, 5.74) is 2.24. The molecule has 1 amide bonds. The zero-order valence-electron chi connectivity index (χ0n) is 13.5. The van der Waals surface area contributed by atoms with Crippen molar-refractivity contribution in [3.63, 3.8) is 0 Å². The standard InChI is InChI=1S/C16H22N4O2/c1-11-6-5-7-17-14(11)8-12(2)20(4)10-16(21)18-15-9-13(3)22-19-15/h5-7,9,12H,8,10H2,1-4H3,(H,18,19,21). The number of carbonyl (C=O) groups is 1. The molecule has 6 nitrogen and oxygen atoms in total. The summed E-state index contributed by atoms with van der Waals surface area (Å²) in [4.78, 5) is 18.4. The molecule has 0 saturated carbocycles. The maximum Gasteiger partial charge on any atom is 0.239 e. The SMILES string of the molecule is Cc1cc(NC(=O)CN(C)C(C)Cc2ncccc2C)no1. The molecule has 0 spiro atoms. The van der Waals surface area contributed by atoms with E-state index in [2.05, 4.69) is 35.4 Å². The van der Waals surface area contributed by atoms with Crippen molar-refractivity contribution in [3.05, 3.63) is 41.4 Å². The van der Waals surface area contributed by atoms with Crippen LogP contribution in [0.25, 0.3) is 0 Å². The number of likely N-dealkylation sites (N-methyl/N-ethyl adjacent to an activating group) is 1. The second-order valence-corrected chi connectivity index (χ2v) is 5.61. The van der Waals surface area contributed by atoms with Crippen LogP contribution in [-0.4, -0.2) is 40.6 Å². The molecular weight excluding hydrogens is 280 g/mol. The van der Waals surface area contributed by atoms with Gasteiger partial charge in [-0.25, -0.2) is 0 Å². The molecule has 0 bridgehead atoms. The number of hydrogen-bond acceptors (Lipinski definition) is 5. The minimum Gasteiger partial charge on any atom is -0.360 e. The van der Waals surface area contributed by atoms with E-state index >= 15 is 0 Å². The van der Waals surface area contributed by atoms with Crippen LogP contribution in [0.1, 0.15) is 23.9 Å². The smallest absolute Gasteiger partial charge is 0.239 e. The third-order valence-corrected chi connectivity index (χ3v) is 3.65. The van der Waals surface area contributed by atoms with Crippen molar-refractivity contribution < 1.29 is 9.32 Å². The molecule has 118 valence electrons. The first kappa shape index (κ1) is 16.2. The van der Waals surface area contributed by atoms with Gasteiger partial charge in [0.2, 0.25) is 5.91 Å². The average molecular weight is 302 g/mol. The molecule has 2 aromatic rings. The maximum atomic E-state index is 12.0. The fourth-order valence-corrected chi connectivity index (χ4v) is 2.16. The average Bonchev–Trinajstić information content (AvgIpc) is 2.86. The number of nitrogens with one attached hydrogen (secondary N) is 1. The lowest BCUT2D eigenvalue weighted by atomic mass is 10.1. The Morgan fingerprint density at radius 1 is 1.45 bits per heavy atom. The number of pyridine rings is 1. The summed E-state index contributed by atoms with van der Waals surface area (Å²) in [6.07, 6.45) is 2.61. The van der Waals surface area contributed by atoms with Gasteiger partial charge >= 0.3 is 0 Å². The topological polar surface area (TPSA) is 71.3 Å². The van der Waals surface area contributed by atoms with Crippen molar-refractivity contribution in [1.29, 1.82) is 0 Å². The van der Waals surface area contributed by atoms with Gasteiger partial charge in [-0.05, 0) is 39.4 Å². The molecule has 6 heteroatoms. The summed E-state index contributed by atoms with van der Waals surface area (Å²) in [5.74, 6) is 1.01. The summed E-state index contributed by atoms with van der Waals surface area (Å²) < 4.78 is 4.92. The van der Waals surface area contributed by atoms with Crippen LogP contribution in [-0.2, 0) is 11.2 Å². The van der Waals surface area contributed by atoms with E-state index in [4.69, 9.17) is 4.52 Å². The Balaban J connectivity index is 1.86. The van der Waals surface area contributed by atoms with Gasteiger partial charge in [0, 0.05) is 30.4 Å². The van der Waals surface area contributed by atoms with Crippen molar-refractivity contribution in [2.24, 2.45) is 0 Å². The Kier molecular flexibility index (Phi) is 5.27. The van der Waals surface area contributed by atoms with E-state index < -0.39 is 0 Å². The molecule has 2 rings (SSSR count). The highest BCUT2D eigenvalue weighted by Crippen LogP contribution is 2.10. The Bertz CT molecular complexity index is 639. The van der Waals surface area contributed by atoms with Gasteiger partial charge < -0.3 is 9.84 Å². The van der Waals surface area contributed by atoms with Crippen LogP contribution in [0.15, 0.2) is 28.9 Å². The third-order valence-electron chi connectivity index (χ3n) is 3.65. The fourth-order valence-electron chi connectivity index (χ4n) is 2.16. The lowest BCUT2D eigenvalue weighted by Crippen LogP contribution is -2.37. The second-order valence-electron chi connectivity index (χ2n) is 5.61. The van der Waals surface area contributed by atoms with Crippen molar-refractivity contribution in [2.45, 2.75) is 33.2 Å². The first-order valence-electron chi connectivity index (χ1n) is 7.29. The second kappa shape index (κ2) is 7.17. The molecular formula is C16H22N4O2. The lowest BCUT2D eigenvalue weighted by molar-refractivity contribution is -0.117. The Morgan fingerprint density at radius 2 is 2.23 bits per heavy atom. The zero-order valence-corrected chi connectivity index (χ0v) is 13.5. The lowest BCUT2D eigenvalue weighted by Gasteiger charge is -2.24. The molecule has 1 N–H and O–H groups in total. The maximum absolute atomic E-state index is 12.0. The number of hydrogen-bond donors (Lipinski definition) is 1. The van der Waals surface area contributed by atoms with Gasteiger partial charge in [0.1, 0.15) is 5.76 Å². The summed E-state index contributed by atoms with van der Waals surface area (Å²) in [7, 11) is 1.93. The number of anilines is 1. The zero-order chi connectivity index (χ0) is 16.1. The molecule has 0 aliphatic carbocycles. The Labute approximate surface area is 130 Å². The van der Waals surface area contributed by atoms with E-state index in [0.29, 0.717) is 18.1 Å². The first-order chi connectivity index (χ1) is 10.5. The normalized spacial score (nSPS) is 12.4. The molecule has 1 unspecified atom stereocenters. The minimum absolute atomic E-state index is 0.111. The number of nitrogens with zero attached hydrogens (tertiary/aromatic N) is 3.